The number of carbonyl (C=O) groups excluding carboxylic acids is 1. The van der Waals surface area contributed by atoms with Gasteiger partial charge in [0.15, 0.2) is 6.10 Å². The molecule has 0 aliphatic carbocycles. The van der Waals surface area contributed by atoms with Crippen molar-refractivity contribution < 1.29 is 19.6 Å². The number of hydrogen-bond acceptors (Lipinski definition) is 5. The van der Waals surface area contributed by atoms with Crippen LogP contribution in [0.15, 0.2) is 24.3 Å². The molecule has 0 bridgehead atoms. The minimum Gasteiger partial charge on any atom is -0.450 e. The molecule has 6 nitrogen and oxygen atoms in total. The van der Waals surface area contributed by atoms with Gasteiger partial charge in [-0.3, -0.25) is 14.9 Å². The molecule has 0 aliphatic rings. The number of benzene rings is 1. The Bertz CT molecular complexity index is 446. The second-order valence-electron chi connectivity index (χ2n) is 3.91. The molecule has 1 aromatic carbocycles. The SMILES string of the molecule is CC(=O)OC(c1ccccc1CO)C(C)[N+](=O)[O-]. The topological polar surface area (TPSA) is 89.7 Å². The molecule has 2 unspecified atom stereocenters. The zero-order valence-electron chi connectivity index (χ0n) is 10.2. The van der Waals surface area contributed by atoms with Gasteiger partial charge in [0.25, 0.3) is 6.04 Å². The van der Waals surface area contributed by atoms with E-state index in [9.17, 15) is 20.0 Å². The van der Waals surface area contributed by atoms with Gasteiger partial charge in [0, 0.05) is 24.3 Å². The highest BCUT2D eigenvalue weighted by Gasteiger charge is 2.32. The first kappa shape index (κ1) is 14.1. The van der Waals surface area contributed by atoms with Crippen molar-refractivity contribution in [3.63, 3.8) is 0 Å². The van der Waals surface area contributed by atoms with Crippen LogP contribution in [0.1, 0.15) is 31.1 Å². The van der Waals surface area contributed by atoms with E-state index in [4.69, 9.17) is 4.74 Å². The number of hydrogen-bond donors (Lipinski definition) is 1. The van der Waals surface area contributed by atoms with Crippen molar-refractivity contribution in [3.8, 4) is 0 Å². The number of aliphatic hydroxyl groups is 1. The number of nitro groups is 1. The number of ether oxygens (including phenoxy) is 1. The Balaban J connectivity index is 3.16. The third-order valence-corrected chi connectivity index (χ3v) is 2.60. The maximum absolute atomic E-state index is 11.0. The summed E-state index contributed by atoms with van der Waals surface area (Å²) in [6.07, 6.45) is -0.999. The van der Waals surface area contributed by atoms with E-state index in [1.54, 1.807) is 24.3 Å². The first-order valence-electron chi connectivity index (χ1n) is 5.46. The minimum absolute atomic E-state index is 0.266. The summed E-state index contributed by atoms with van der Waals surface area (Å²) < 4.78 is 5.01. The molecule has 2 atom stereocenters. The number of esters is 1. The van der Waals surface area contributed by atoms with Crippen LogP contribution in [0.3, 0.4) is 0 Å². The average molecular weight is 253 g/mol. The largest absolute Gasteiger partial charge is 0.450 e. The van der Waals surface area contributed by atoms with E-state index >= 15 is 0 Å². The van der Waals surface area contributed by atoms with E-state index < -0.39 is 23.0 Å². The number of nitrogens with zero attached hydrogens (tertiary/aromatic N) is 1. The van der Waals surface area contributed by atoms with E-state index in [0.29, 0.717) is 11.1 Å². The minimum atomic E-state index is -1.08. The van der Waals surface area contributed by atoms with Gasteiger partial charge in [0.2, 0.25) is 0 Å². The molecule has 0 fully saturated rings. The van der Waals surface area contributed by atoms with E-state index in [0.717, 1.165) is 0 Å². The highest BCUT2D eigenvalue weighted by molar-refractivity contribution is 5.66. The van der Waals surface area contributed by atoms with Crippen LogP contribution in [0, 0.1) is 10.1 Å². The molecule has 0 saturated heterocycles. The molecule has 0 aromatic heterocycles. The maximum atomic E-state index is 11.0. The third-order valence-electron chi connectivity index (χ3n) is 2.60. The normalized spacial score (nSPS) is 13.7. The second kappa shape index (κ2) is 6.11. The molecule has 0 aliphatic heterocycles. The van der Waals surface area contributed by atoms with Crippen molar-refractivity contribution in [2.45, 2.75) is 32.6 Å². The van der Waals surface area contributed by atoms with Crippen LogP contribution in [0.5, 0.6) is 0 Å². The van der Waals surface area contributed by atoms with Crippen molar-refractivity contribution in [1.82, 2.24) is 0 Å². The Labute approximate surface area is 104 Å². The Morgan fingerprint density at radius 1 is 1.50 bits per heavy atom. The van der Waals surface area contributed by atoms with E-state index in [2.05, 4.69) is 0 Å². The fourth-order valence-electron chi connectivity index (χ4n) is 1.67. The lowest BCUT2D eigenvalue weighted by Crippen LogP contribution is -2.28. The fraction of sp³-hybridized carbons (Fsp3) is 0.417. The summed E-state index contributed by atoms with van der Waals surface area (Å²) in [6.45, 7) is 2.29. The van der Waals surface area contributed by atoms with Gasteiger partial charge >= 0.3 is 5.97 Å². The van der Waals surface area contributed by atoms with Gasteiger partial charge in [-0.15, -0.1) is 0 Å². The summed E-state index contributed by atoms with van der Waals surface area (Å²) in [5, 5.41) is 20.1. The zero-order chi connectivity index (χ0) is 13.7. The van der Waals surface area contributed by atoms with E-state index in [1.807, 2.05) is 0 Å². The summed E-state index contributed by atoms with van der Waals surface area (Å²) in [5.74, 6) is -0.596. The van der Waals surface area contributed by atoms with Crippen LogP contribution >= 0.6 is 0 Å². The van der Waals surface area contributed by atoms with Gasteiger partial charge < -0.3 is 9.84 Å². The second-order valence-corrected chi connectivity index (χ2v) is 3.91. The predicted molar refractivity (Wildman–Crippen MR) is 63.3 cm³/mol. The van der Waals surface area contributed by atoms with Crippen molar-refractivity contribution in [2.75, 3.05) is 0 Å². The molecule has 0 spiro atoms. The average Bonchev–Trinajstić information content (AvgIpc) is 2.34. The van der Waals surface area contributed by atoms with Crippen molar-refractivity contribution in [2.24, 2.45) is 0 Å². The number of aliphatic hydroxyl groups excluding tert-OH is 1. The van der Waals surface area contributed by atoms with Crippen LogP contribution in [-0.2, 0) is 16.1 Å². The summed E-state index contributed by atoms with van der Waals surface area (Å²) in [4.78, 5) is 21.4. The Morgan fingerprint density at radius 3 is 2.61 bits per heavy atom. The Morgan fingerprint density at radius 2 is 2.11 bits per heavy atom. The molecule has 18 heavy (non-hydrogen) atoms. The maximum Gasteiger partial charge on any atom is 0.303 e. The number of rotatable bonds is 5. The van der Waals surface area contributed by atoms with Gasteiger partial charge in [-0.25, -0.2) is 0 Å². The smallest absolute Gasteiger partial charge is 0.303 e. The highest BCUT2D eigenvalue weighted by Crippen LogP contribution is 2.26. The highest BCUT2D eigenvalue weighted by atomic mass is 16.6. The fourth-order valence-corrected chi connectivity index (χ4v) is 1.67. The Hall–Kier alpha value is -1.95. The van der Waals surface area contributed by atoms with Gasteiger partial charge in [0.05, 0.1) is 6.61 Å². The monoisotopic (exact) mass is 253 g/mol. The Kier molecular flexibility index (Phi) is 4.79. The summed E-state index contributed by atoms with van der Waals surface area (Å²) in [6, 6.07) is 5.55. The van der Waals surface area contributed by atoms with Crippen LogP contribution in [0.2, 0.25) is 0 Å². The van der Waals surface area contributed by atoms with E-state index in [1.165, 1.54) is 13.8 Å². The summed E-state index contributed by atoms with van der Waals surface area (Å²) in [7, 11) is 0. The molecule has 1 aromatic rings. The lowest BCUT2D eigenvalue weighted by atomic mass is 9.98. The lowest BCUT2D eigenvalue weighted by Gasteiger charge is -2.20. The molecular weight excluding hydrogens is 238 g/mol. The van der Waals surface area contributed by atoms with Crippen molar-refractivity contribution >= 4 is 5.97 Å². The van der Waals surface area contributed by atoms with E-state index in [-0.39, 0.29) is 6.61 Å². The van der Waals surface area contributed by atoms with Crippen molar-refractivity contribution in [1.29, 1.82) is 0 Å². The lowest BCUT2D eigenvalue weighted by molar-refractivity contribution is -0.530. The van der Waals surface area contributed by atoms with Crippen LogP contribution in [-0.4, -0.2) is 22.0 Å². The molecule has 0 saturated carbocycles. The van der Waals surface area contributed by atoms with Gasteiger partial charge in [-0.05, 0) is 5.56 Å². The molecule has 1 N–H and O–H groups in total. The third kappa shape index (κ3) is 3.27. The van der Waals surface area contributed by atoms with Gasteiger partial charge in [-0.2, -0.15) is 0 Å². The summed E-state index contributed by atoms with van der Waals surface area (Å²) >= 11 is 0. The quantitative estimate of drug-likeness (QED) is 0.487. The number of carbonyl (C=O) groups is 1. The zero-order valence-corrected chi connectivity index (χ0v) is 10.2. The first-order valence-corrected chi connectivity index (χ1v) is 5.46. The molecular formula is C12H15NO5. The predicted octanol–water partition coefficient (Wildman–Crippen LogP) is 1.45. The van der Waals surface area contributed by atoms with Crippen LogP contribution in [0.4, 0.5) is 0 Å². The first-order chi connectivity index (χ1) is 8.47. The van der Waals surface area contributed by atoms with Crippen LogP contribution in [0.25, 0.3) is 0 Å². The van der Waals surface area contributed by atoms with Gasteiger partial charge in [0.1, 0.15) is 0 Å². The standard InChI is InChI=1S/C12H15NO5/c1-8(13(16)17)12(18-9(2)15)11-6-4-3-5-10(11)7-14/h3-6,8,12,14H,7H2,1-2H3. The van der Waals surface area contributed by atoms with Crippen molar-refractivity contribution in [3.05, 3.63) is 45.5 Å². The molecule has 98 valence electrons. The van der Waals surface area contributed by atoms with Crippen LogP contribution < -0.4 is 0 Å². The molecule has 1 rings (SSSR count). The summed E-state index contributed by atoms with van der Waals surface area (Å²) in [5.41, 5.74) is 0.969. The molecule has 0 amide bonds. The molecule has 0 heterocycles. The van der Waals surface area contributed by atoms with Gasteiger partial charge in [-0.1, -0.05) is 24.3 Å². The molecule has 0 radical (unpaired) electrons. The molecule has 6 heteroatoms.